The third-order valence-corrected chi connectivity index (χ3v) is 9.16. The van der Waals surface area contributed by atoms with Crippen molar-refractivity contribution in [2.75, 3.05) is 0 Å². The number of rotatable bonds is 9. The molecule has 0 saturated carbocycles. The molecule has 7 heteroatoms. The van der Waals surface area contributed by atoms with Crippen LogP contribution in [0, 0.1) is 22.7 Å². The largest absolute Gasteiger partial charge is 0.459 e. The molecule has 1 heterocycles. The van der Waals surface area contributed by atoms with Gasteiger partial charge in [-0.25, -0.2) is 4.79 Å². The molecule has 3 rings (SSSR count). The molecule has 1 fully saturated rings. The van der Waals surface area contributed by atoms with Crippen LogP contribution in [-0.4, -0.2) is 34.2 Å². The molecule has 2 aromatic carbocycles. The van der Waals surface area contributed by atoms with E-state index in [0.717, 1.165) is 30.4 Å². The second-order valence-electron chi connectivity index (χ2n) is 15.4. The highest BCUT2D eigenvalue weighted by Crippen LogP contribution is 2.42. The van der Waals surface area contributed by atoms with E-state index in [-0.39, 0.29) is 29.3 Å². The van der Waals surface area contributed by atoms with Crippen LogP contribution in [0.1, 0.15) is 128 Å². The number of hydrogen-bond acceptors (Lipinski definition) is 6. The summed E-state index contributed by atoms with van der Waals surface area (Å²) in [7, 11) is 0. The van der Waals surface area contributed by atoms with E-state index in [1.54, 1.807) is 17.0 Å². The van der Waals surface area contributed by atoms with Gasteiger partial charge in [-0.3, -0.25) is 4.79 Å². The van der Waals surface area contributed by atoms with Crippen LogP contribution in [-0.2, 0) is 15.2 Å². The van der Waals surface area contributed by atoms with E-state index in [1.165, 1.54) is 0 Å². The molecule has 0 aromatic heterocycles. The van der Waals surface area contributed by atoms with Crippen molar-refractivity contribution in [1.82, 2.24) is 4.90 Å². The molecule has 44 heavy (non-hydrogen) atoms. The zero-order valence-electron chi connectivity index (χ0n) is 28.3. The molecule has 244 valence electrons. The Morgan fingerprint density at radius 2 is 1.52 bits per heavy atom. The van der Waals surface area contributed by atoms with E-state index in [0.29, 0.717) is 30.7 Å². The van der Waals surface area contributed by atoms with Gasteiger partial charge in [-0.15, -0.1) is 0 Å². The van der Waals surface area contributed by atoms with Crippen molar-refractivity contribution in [3.8, 4) is 0 Å². The van der Waals surface area contributed by atoms with Crippen molar-refractivity contribution in [3.05, 3.63) is 71.3 Å². The van der Waals surface area contributed by atoms with Crippen molar-refractivity contribution < 1.29 is 19.4 Å². The second-order valence-corrected chi connectivity index (χ2v) is 15.4. The Morgan fingerprint density at radius 1 is 0.932 bits per heavy atom. The van der Waals surface area contributed by atoms with Crippen LogP contribution in [0.3, 0.4) is 0 Å². The van der Waals surface area contributed by atoms with Gasteiger partial charge in [-0.2, -0.15) is 0 Å². The van der Waals surface area contributed by atoms with Gasteiger partial charge in [0, 0.05) is 5.92 Å². The maximum absolute atomic E-state index is 14.8. The fourth-order valence-electron chi connectivity index (χ4n) is 6.34. The van der Waals surface area contributed by atoms with E-state index in [9.17, 15) is 14.7 Å². The van der Waals surface area contributed by atoms with E-state index < -0.39 is 29.8 Å². The molecule has 3 unspecified atom stereocenters. The van der Waals surface area contributed by atoms with Gasteiger partial charge in [0.2, 0.25) is 5.91 Å². The van der Waals surface area contributed by atoms with E-state index in [1.807, 2.05) is 56.3 Å². The predicted molar refractivity (Wildman–Crippen MR) is 177 cm³/mol. The number of nitrogens with two attached hydrogens (primary N) is 2. The standard InChI is InChI=1S/C37H57N3O4/c1-25(2)44-34(43)27-14-18-30(19-15-27)37(39,23-22-35(3,4)5)40-32(38)21-20-29(36(6,7)8)17-16-28(33(40)42)24-31(41)26-12-10-9-11-13-26/h9-15,18-19,25,28-29,31-32,41H,16-17,20-24,38-39H2,1-8H3/t28?,29?,31-,32?,37+/m0/s1. The average Bonchev–Trinajstić information content (AvgIpc) is 2.99. The Hall–Kier alpha value is -2.74. The molecule has 7 nitrogen and oxygen atoms in total. The number of esters is 1. The number of amides is 1. The minimum absolute atomic E-state index is 0.0430. The zero-order valence-corrected chi connectivity index (χ0v) is 28.3. The number of carbonyl (C=O) groups excluding carboxylic acids is 2. The summed E-state index contributed by atoms with van der Waals surface area (Å²) in [6, 6.07) is 16.6. The first-order chi connectivity index (χ1) is 20.4. The van der Waals surface area contributed by atoms with Gasteiger partial charge < -0.3 is 26.2 Å². The van der Waals surface area contributed by atoms with Crippen LogP contribution in [0.25, 0.3) is 0 Å². The molecular formula is C37H57N3O4. The summed E-state index contributed by atoms with van der Waals surface area (Å²) in [6.07, 6.45) is 2.90. The summed E-state index contributed by atoms with van der Waals surface area (Å²) in [6.45, 7) is 16.8. The first kappa shape index (κ1) is 35.7. The number of nitrogens with zero attached hydrogens (tertiary/aromatic N) is 1. The normalized spacial score (nSPS) is 22.5. The van der Waals surface area contributed by atoms with E-state index >= 15 is 0 Å². The Kier molecular flexibility index (Phi) is 11.8. The Morgan fingerprint density at radius 3 is 2.07 bits per heavy atom. The Bertz CT molecular complexity index is 1220. The summed E-state index contributed by atoms with van der Waals surface area (Å²) in [5, 5.41) is 11.3. The van der Waals surface area contributed by atoms with Gasteiger partial charge >= 0.3 is 5.97 Å². The molecule has 5 N–H and O–H groups in total. The number of aliphatic hydroxyl groups is 1. The lowest BCUT2D eigenvalue weighted by Gasteiger charge is -2.47. The summed E-state index contributed by atoms with van der Waals surface area (Å²) < 4.78 is 5.40. The predicted octanol–water partition coefficient (Wildman–Crippen LogP) is 7.28. The van der Waals surface area contributed by atoms with Gasteiger partial charge in [-0.05, 0) is 98.8 Å². The molecule has 1 saturated heterocycles. The lowest BCUT2D eigenvalue weighted by atomic mass is 9.74. The number of ether oxygens (including phenoxy) is 1. The summed E-state index contributed by atoms with van der Waals surface area (Å²) in [5.74, 6) is -0.618. The molecular weight excluding hydrogens is 550 g/mol. The third-order valence-electron chi connectivity index (χ3n) is 9.16. The number of hydrogen-bond donors (Lipinski definition) is 3. The summed E-state index contributed by atoms with van der Waals surface area (Å²) >= 11 is 0. The van der Waals surface area contributed by atoms with Gasteiger partial charge in [0.05, 0.1) is 23.9 Å². The van der Waals surface area contributed by atoms with Crippen LogP contribution in [0.4, 0.5) is 0 Å². The molecule has 1 amide bonds. The van der Waals surface area contributed by atoms with Gasteiger partial charge in [-0.1, -0.05) is 84.0 Å². The van der Waals surface area contributed by atoms with Crippen LogP contribution < -0.4 is 11.5 Å². The van der Waals surface area contributed by atoms with Crippen LogP contribution >= 0.6 is 0 Å². The highest BCUT2D eigenvalue weighted by atomic mass is 16.5. The molecule has 0 radical (unpaired) electrons. The third kappa shape index (κ3) is 9.38. The minimum atomic E-state index is -1.22. The van der Waals surface area contributed by atoms with Gasteiger partial charge in [0.1, 0.15) is 5.66 Å². The quantitative estimate of drug-likeness (QED) is 0.258. The van der Waals surface area contributed by atoms with Crippen molar-refractivity contribution in [1.29, 1.82) is 0 Å². The highest BCUT2D eigenvalue weighted by Gasteiger charge is 2.45. The topological polar surface area (TPSA) is 119 Å². The average molecular weight is 608 g/mol. The Labute approximate surface area is 265 Å². The van der Waals surface area contributed by atoms with Gasteiger partial charge in [0.25, 0.3) is 0 Å². The second kappa shape index (κ2) is 14.6. The molecule has 1 aliphatic rings. The lowest BCUT2D eigenvalue weighted by Crippen LogP contribution is -2.63. The van der Waals surface area contributed by atoms with Crippen LogP contribution in [0.5, 0.6) is 0 Å². The van der Waals surface area contributed by atoms with Crippen molar-refractivity contribution >= 4 is 11.9 Å². The summed E-state index contributed by atoms with van der Waals surface area (Å²) in [4.78, 5) is 29.1. The first-order valence-electron chi connectivity index (χ1n) is 16.3. The van der Waals surface area contributed by atoms with E-state index in [2.05, 4.69) is 41.5 Å². The zero-order chi connectivity index (χ0) is 32.9. The van der Waals surface area contributed by atoms with Crippen molar-refractivity contribution in [2.45, 2.75) is 124 Å². The molecule has 0 spiro atoms. The first-order valence-corrected chi connectivity index (χ1v) is 16.3. The molecule has 5 atom stereocenters. The van der Waals surface area contributed by atoms with Crippen molar-refractivity contribution in [2.24, 2.45) is 34.1 Å². The maximum Gasteiger partial charge on any atom is 0.338 e. The molecule has 1 aliphatic heterocycles. The fraction of sp³-hybridized carbons (Fsp3) is 0.622. The van der Waals surface area contributed by atoms with Crippen molar-refractivity contribution in [3.63, 3.8) is 0 Å². The SMILES string of the molecule is CC(C)OC(=O)c1ccc([C@@](N)(CCC(C)(C)C)N2C(=O)C(C[C@H](O)c3ccccc3)CCC(C(C)(C)C)CCC2N)cc1. The number of benzene rings is 2. The Balaban J connectivity index is 2.10. The van der Waals surface area contributed by atoms with Gasteiger partial charge in [0.15, 0.2) is 0 Å². The number of aliphatic hydroxyl groups excluding tert-OH is 1. The minimum Gasteiger partial charge on any atom is -0.459 e. The monoisotopic (exact) mass is 607 g/mol. The highest BCUT2D eigenvalue weighted by molar-refractivity contribution is 5.89. The lowest BCUT2D eigenvalue weighted by molar-refractivity contribution is -0.149. The summed E-state index contributed by atoms with van der Waals surface area (Å²) in [5.41, 5.74) is 15.2. The van der Waals surface area contributed by atoms with Crippen LogP contribution in [0.15, 0.2) is 54.6 Å². The molecule has 0 aliphatic carbocycles. The number of carbonyl (C=O) groups is 2. The van der Waals surface area contributed by atoms with Crippen LogP contribution in [0.2, 0.25) is 0 Å². The maximum atomic E-state index is 14.8. The smallest absolute Gasteiger partial charge is 0.338 e. The molecule has 0 bridgehead atoms. The van der Waals surface area contributed by atoms with E-state index in [4.69, 9.17) is 16.2 Å². The fourth-order valence-corrected chi connectivity index (χ4v) is 6.34. The molecule has 2 aromatic rings.